The van der Waals surface area contributed by atoms with Gasteiger partial charge < -0.3 is 5.73 Å². The molecule has 3 heteroatoms. The highest BCUT2D eigenvalue weighted by atomic mass is 32.2. The molecule has 1 fully saturated rings. The Hall–Kier alpha value is -0.120. The number of rotatable bonds is 2. The van der Waals surface area contributed by atoms with Crippen molar-refractivity contribution in [3.05, 3.63) is 35.4 Å². The van der Waals surface area contributed by atoms with E-state index in [1.54, 1.807) is 0 Å². The monoisotopic (exact) mass is 239 g/mol. The summed E-state index contributed by atoms with van der Waals surface area (Å²) in [7, 11) is 0. The van der Waals surface area contributed by atoms with Crippen LogP contribution in [0.3, 0.4) is 0 Å². The molecule has 0 saturated carbocycles. The first kappa shape index (κ1) is 11.4. The highest BCUT2D eigenvalue weighted by Crippen LogP contribution is 2.32. The second-order valence-corrected chi connectivity index (χ2v) is 6.42. The zero-order valence-electron chi connectivity index (χ0n) is 8.98. The van der Waals surface area contributed by atoms with Crippen LogP contribution in [0.15, 0.2) is 24.3 Å². The number of hydrogen-bond acceptors (Lipinski definition) is 3. The van der Waals surface area contributed by atoms with E-state index in [4.69, 9.17) is 5.73 Å². The molecule has 2 unspecified atom stereocenters. The molecule has 82 valence electrons. The van der Waals surface area contributed by atoms with Gasteiger partial charge in [-0.05, 0) is 12.5 Å². The van der Waals surface area contributed by atoms with Crippen LogP contribution in [0, 0.1) is 6.92 Å². The van der Waals surface area contributed by atoms with Crippen molar-refractivity contribution in [2.24, 2.45) is 5.73 Å². The van der Waals surface area contributed by atoms with Gasteiger partial charge in [-0.3, -0.25) is 0 Å². The molecule has 2 rings (SSSR count). The van der Waals surface area contributed by atoms with Gasteiger partial charge in [0.1, 0.15) is 0 Å². The fraction of sp³-hybridized carbons (Fsp3) is 0.500. The van der Waals surface area contributed by atoms with Gasteiger partial charge in [-0.2, -0.15) is 23.5 Å². The molecular formula is C12H17NS2. The van der Waals surface area contributed by atoms with Crippen molar-refractivity contribution >= 4 is 23.5 Å². The lowest BCUT2D eigenvalue weighted by molar-refractivity contribution is 0.719. The van der Waals surface area contributed by atoms with Crippen LogP contribution in [-0.4, -0.2) is 22.5 Å². The van der Waals surface area contributed by atoms with Crippen LogP contribution in [0.4, 0.5) is 0 Å². The van der Waals surface area contributed by atoms with Crippen LogP contribution in [0.1, 0.15) is 17.2 Å². The summed E-state index contributed by atoms with van der Waals surface area (Å²) in [5.41, 5.74) is 8.87. The minimum absolute atomic E-state index is 0.198. The third kappa shape index (κ3) is 2.92. The van der Waals surface area contributed by atoms with Gasteiger partial charge in [0.05, 0.1) is 0 Å². The molecule has 15 heavy (non-hydrogen) atoms. The van der Waals surface area contributed by atoms with E-state index in [0.717, 1.165) is 0 Å². The van der Waals surface area contributed by atoms with Crippen LogP contribution < -0.4 is 5.73 Å². The summed E-state index contributed by atoms with van der Waals surface area (Å²) >= 11 is 4.05. The van der Waals surface area contributed by atoms with Gasteiger partial charge in [0.15, 0.2) is 0 Å². The molecule has 0 radical (unpaired) electrons. The van der Waals surface area contributed by atoms with E-state index < -0.39 is 0 Å². The first-order valence-electron chi connectivity index (χ1n) is 5.29. The molecule has 2 atom stereocenters. The SMILES string of the molecule is Cc1ccc(C(N)C2CSCCS2)cc1. The maximum absolute atomic E-state index is 6.29. The number of aryl methyl sites for hydroxylation is 1. The minimum atomic E-state index is 0.198. The van der Waals surface area contributed by atoms with E-state index in [1.165, 1.54) is 28.4 Å². The molecule has 0 spiro atoms. The molecule has 1 aliphatic heterocycles. The van der Waals surface area contributed by atoms with Gasteiger partial charge in [-0.15, -0.1) is 0 Å². The molecule has 0 aliphatic carbocycles. The number of thioether (sulfide) groups is 2. The number of hydrogen-bond donors (Lipinski definition) is 1. The van der Waals surface area contributed by atoms with Crippen LogP contribution in [0.2, 0.25) is 0 Å². The average molecular weight is 239 g/mol. The molecule has 1 aliphatic rings. The lowest BCUT2D eigenvalue weighted by atomic mass is 10.0. The molecule has 1 nitrogen and oxygen atoms in total. The van der Waals surface area contributed by atoms with Crippen molar-refractivity contribution in [1.29, 1.82) is 0 Å². The Balaban J connectivity index is 2.05. The smallest absolute Gasteiger partial charge is 0.0423 e. The van der Waals surface area contributed by atoms with Crippen molar-refractivity contribution in [2.75, 3.05) is 17.3 Å². The maximum atomic E-state index is 6.29. The van der Waals surface area contributed by atoms with E-state index in [0.29, 0.717) is 5.25 Å². The van der Waals surface area contributed by atoms with Gasteiger partial charge in [-0.1, -0.05) is 29.8 Å². The van der Waals surface area contributed by atoms with E-state index in [2.05, 4.69) is 31.2 Å². The third-order valence-electron chi connectivity index (χ3n) is 2.70. The van der Waals surface area contributed by atoms with E-state index in [9.17, 15) is 0 Å². The Bertz CT molecular complexity index is 304. The molecule has 1 aromatic carbocycles. The van der Waals surface area contributed by atoms with Gasteiger partial charge in [0, 0.05) is 28.6 Å². The fourth-order valence-electron chi connectivity index (χ4n) is 1.72. The Kier molecular flexibility index (Phi) is 4.00. The molecule has 0 amide bonds. The summed E-state index contributed by atoms with van der Waals surface area (Å²) in [4.78, 5) is 0. The van der Waals surface area contributed by atoms with Crippen LogP contribution in [0.5, 0.6) is 0 Å². The predicted octanol–water partition coefficient (Wildman–Crippen LogP) is 2.84. The summed E-state index contributed by atoms with van der Waals surface area (Å²) in [6, 6.07) is 8.83. The van der Waals surface area contributed by atoms with Crippen LogP contribution in [-0.2, 0) is 0 Å². The lowest BCUT2D eigenvalue weighted by Gasteiger charge is -2.27. The van der Waals surface area contributed by atoms with Gasteiger partial charge in [0.2, 0.25) is 0 Å². The predicted molar refractivity (Wildman–Crippen MR) is 71.7 cm³/mol. The van der Waals surface area contributed by atoms with Crippen molar-refractivity contribution in [1.82, 2.24) is 0 Å². The molecule has 1 aromatic rings. The molecule has 1 saturated heterocycles. The Morgan fingerprint density at radius 3 is 2.60 bits per heavy atom. The largest absolute Gasteiger partial charge is 0.323 e. The fourth-order valence-corrected chi connectivity index (χ4v) is 4.52. The first-order chi connectivity index (χ1) is 7.27. The van der Waals surface area contributed by atoms with E-state index >= 15 is 0 Å². The van der Waals surface area contributed by atoms with Crippen molar-refractivity contribution in [3.63, 3.8) is 0 Å². The summed E-state index contributed by atoms with van der Waals surface area (Å²) < 4.78 is 0. The second kappa shape index (κ2) is 5.28. The first-order valence-corrected chi connectivity index (χ1v) is 7.49. The van der Waals surface area contributed by atoms with Crippen LogP contribution >= 0.6 is 23.5 Å². The summed E-state index contributed by atoms with van der Waals surface area (Å²) in [6.07, 6.45) is 0. The maximum Gasteiger partial charge on any atom is 0.0423 e. The zero-order chi connectivity index (χ0) is 10.7. The van der Waals surface area contributed by atoms with Gasteiger partial charge >= 0.3 is 0 Å². The van der Waals surface area contributed by atoms with E-state index in [-0.39, 0.29) is 6.04 Å². The summed E-state index contributed by atoms with van der Waals surface area (Å²) in [6.45, 7) is 2.11. The van der Waals surface area contributed by atoms with Crippen molar-refractivity contribution < 1.29 is 0 Å². The lowest BCUT2D eigenvalue weighted by Crippen LogP contribution is -2.28. The zero-order valence-corrected chi connectivity index (χ0v) is 10.6. The normalized spacial score (nSPS) is 23.7. The second-order valence-electron chi connectivity index (χ2n) is 3.92. The Morgan fingerprint density at radius 1 is 1.27 bits per heavy atom. The van der Waals surface area contributed by atoms with E-state index in [1.807, 2.05) is 23.5 Å². The molecule has 2 N–H and O–H groups in total. The third-order valence-corrected chi connectivity index (χ3v) is 5.59. The van der Waals surface area contributed by atoms with Crippen LogP contribution in [0.25, 0.3) is 0 Å². The Labute approximate surface area is 100 Å². The minimum Gasteiger partial charge on any atom is -0.323 e. The molecule has 1 heterocycles. The standard InChI is InChI=1S/C12H17NS2/c1-9-2-4-10(5-3-9)12(13)11-8-14-6-7-15-11/h2-5,11-12H,6-8,13H2,1H3. The number of nitrogens with two attached hydrogens (primary N) is 1. The number of benzene rings is 1. The molecule has 0 bridgehead atoms. The highest BCUT2D eigenvalue weighted by molar-refractivity contribution is 8.06. The summed E-state index contributed by atoms with van der Waals surface area (Å²) in [5.74, 6) is 3.72. The molecular weight excluding hydrogens is 222 g/mol. The van der Waals surface area contributed by atoms with Crippen molar-refractivity contribution in [3.8, 4) is 0 Å². The van der Waals surface area contributed by atoms with Crippen molar-refractivity contribution in [2.45, 2.75) is 18.2 Å². The Morgan fingerprint density at radius 2 is 2.00 bits per heavy atom. The van der Waals surface area contributed by atoms with Gasteiger partial charge in [0.25, 0.3) is 0 Å². The topological polar surface area (TPSA) is 26.0 Å². The summed E-state index contributed by atoms with van der Waals surface area (Å²) in [5, 5.41) is 0.589. The highest BCUT2D eigenvalue weighted by Gasteiger charge is 2.22. The quantitative estimate of drug-likeness (QED) is 0.859. The average Bonchev–Trinajstić information content (AvgIpc) is 2.30. The van der Waals surface area contributed by atoms with Gasteiger partial charge in [-0.25, -0.2) is 0 Å². The molecule has 0 aromatic heterocycles.